The molecule has 0 unspecified atom stereocenters. The highest BCUT2D eigenvalue weighted by atomic mass is 16.4. The molecule has 0 radical (unpaired) electrons. The van der Waals surface area contributed by atoms with Crippen LogP contribution in [0.25, 0.3) is 0 Å². The second-order valence-electron chi connectivity index (χ2n) is 4.50. The number of anilines is 1. The Kier molecular flexibility index (Phi) is 3.80. The summed E-state index contributed by atoms with van der Waals surface area (Å²) in [5, 5.41) is 12.3. The van der Waals surface area contributed by atoms with Crippen molar-refractivity contribution in [2.75, 3.05) is 5.32 Å². The van der Waals surface area contributed by atoms with Gasteiger partial charge in [0.2, 0.25) is 0 Å². The lowest BCUT2D eigenvalue weighted by Crippen LogP contribution is -2.10. The van der Waals surface area contributed by atoms with Crippen LogP contribution in [0.3, 0.4) is 0 Å². The van der Waals surface area contributed by atoms with Crippen LogP contribution in [0.5, 0.6) is 0 Å². The molecule has 4 heteroatoms. The van der Waals surface area contributed by atoms with E-state index in [-0.39, 0.29) is 5.56 Å². The second kappa shape index (κ2) is 5.52. The quantitative estimate of drug-likeness (QED) is 0.882. The SMILES string of the molecule is Cc1ccc(CNc2nccc(C)c2C(=O)O)cc1. The summed E-state index contributed by atoms with van der Waals surface area (Å²) in [5.74, 6) is -0.551. The Hall–Kier alpha value is -2.36. The van der Waals surface area contributed by atoms with Crippen LogP contribution in [0.4, 0.5) is 5.82 Å². The summed E-state index contributed by atoms with van der Waals surface area (Å²) in [4.78, 5) is 15.3. The molecule has 98 valence electrons. The van der Waals surface area contributed by atoms with Gasteiger partial charge in [0.05, 0.1) is 0 Å². The molecule has 0 amide bonds. The molecule has 1 aromatic carbocycles. The normalized spacial score (nSPS) is 10.2. The first-order valence-electron chi connectivity index (χ1n) is 6.06. The summed E-state index contributed by atoms with van der Waals surface area (Å²) in [7, 11) is 0. The Morgan fingerprint density at radius 1 is 1.21 bits per heavy atom. The molecule has 19 heavy (non-hydrogen) atoms. The van der Waals surface area contributed by atoms with E-state index in [1.807, 2.05) is 31.2 Å². The van der Waals surface area contributed by atoms with Gasteiger partial charge in [-0.3, -0.25) is 0 Å². The first-order valence-corrected chi connectivity index (χ1v) is 6.06. The number of carbonyl (C=O) groups is 1. The molecule has 1 aromatic heterocycles. The van der Waals surface area contributed by atoms with Crippen molar-refractivity contribution in [2.45, 2.75) is 20.4 Å². The third-order valence-electron chi connectivity index (χ3n) is 2.95. The Bertz CT molecular complexity index is 592. The van der Waals surface area contributed by atoms with Gasteiger partial charge in [-0.15, -0.1) is 0 Å². The summed E-state index contributed by atoms with van der Waals surface area (Å²) in [6.45, 7) is 4.35. The van der Waals surface area contributed by atoms with Crippen molar-refractivity contribution in [2.24, 2.45) is 0 Å². The van der Waals surface area contributed by atoms with Crippen molar-refractivity contribution in [3.63, 3.8) is 0 Å². The number of aryl methyl sites for hydroxylation is 2. The van der Waals surface area contributed by atoms with Gasteiger partial charge in [0.25, 0.3) is 0 Å². The topological polar surface area (TPSA) is 62.2 Å². The summed E-state index contributed by atoms with van der Waals surface area (Å²) >= 11 is 0. The molecule has 0 aliphatic heterocycles. The van der Waals surface area contributed by atoms with Gasteiger partial charge in [-0.1, -0.05) is 29.8 Å². The number of carboxylic acid groups (broad SMARTS) is 1. The van der Waals surface area contributed by atoms with Crippen LogP contribution in [-0.2, 0) is 6.54 Å². The van der Waals surface area contributed by atoms with Crippen molar-refractivity contribution in [3.05, 3.63) is 58.8 Å². The number of pyridine rings is 1. The zero-order chi connectivity index (χ0) is 13.8. The van der Waals surface area contributed by atoms with Gasteiger partial charge >= 0.3 is 5.97 Å². The zero-order valence-electron chi connectivity index (χ0n) is 11.0. The van der Waals surface area contributed by atoms with Gasteiger partial charge in [-0.05, 0) is 31.0 Å². The average Bonchev–Trinajstić information content (AvgIpc) is 2.37. The first-order chi connectivity index (χ1) is 9.08. The Labute approximate surface area is 112 Å². The van der Waals surface area contributed by atoms with Crippen LogP contribution < -0.4 is 5.32 Å². The Balaban J connectivity index is 2.18. The van der Waals surface area contributed by atoms with E-state index < -0.39 is 5.97 Å². The molecule has 0 atom stereocenters. The number of nitrogens with one attached hydrogen (secondary N) is 1. The summed E-state index contributed by atoms with van der Waals surface area (Å²) in [5.41, 5.74) is 3.22. The fourth-order valence-corrected chi connectivity index (χ4v) is 1.85. The predicted octanol–water partition coefficient (Wildman–Crippen LogP) is 3.01. The number of rotatable bonds is 4. The zero-order valence-corrected chi connectivity index (χ0v) is 11.0. The lowest BCUT2D eigenvalue weighted by Gasteiger charge is -2.10. The average molecular weight is 256 g/mol. The minimum Gasteiger partial charge on any atom is -0.478 e. The molecule has 0 saturated heterocycles. The lowest BCUT2D eigenvalue weighted by atomic mass is 10.1. The molecule has 2 rings (SSSR count). The van der Waals surface area contributed by atoms with E-state index in [9.17, 15) is 9.90 Å². The van der Waals surface area contributed by atoms with E-state index in [0.717, 1.165) is 5.56 Å². The van der Waals surface area contributed by atoms with Gasteiger partial charge in [0.1, 0.15) is 11.4 Å². The van der Waals surface area contributed by atoms with Crippen molar-refractivity contribution in [1.82, 2.24) is 4.98 Å². The number of hydrogen-bond donors (Lipinski definition) is 2. The van der Waals surface area contributed by atoms with Gasteiger partial charge in [-0.2, -0.15) is 0 Å². The Morgan fingerprint density at radius 3 is 2.53 bits per heavy atom. The molecule has 0 aliphatic rings. The van der Waals surface area contributed by atoms with Crippen LogP contribution in [0.15, 0.2) is 36.5 Å². The van der Waals surface area contributed by atoms with Crippen molar-refractivity contribution in [3.8, 4) is 0 Å². The molecule has 0 spiro atoms. The van der Waals surface area contributed by atoms with E-state index in [1.165, 1.54) is 5.56 Å². The third-order valence-corrected chi connectivity index (χ3v) is 2.95. The molecule has 0 bridgehead atoms. The molecule has 0 fully saturated rings. The minimum absolute atomic E-state index is 0.231. The summed E-state index contributed by atoms with van der Waals surface area (Å²) in [6.07, 6.45) is 1.61. The number of aromatic carboxylic acids is 1. The molecule has 0 saturated carbocycles. The number of hydrogen-bond acceptors (Lipinski definition) is 3. The molecular formula is C15H16N2O2. The number of benzene rings is 1. The van der Waals surface area contributed by atoms with Gasteiger partial charge < -0.3 is 10.4 Å². The maximum absolute atomic E-state index is 11.2. The second-order valence-corrected chi connectivity index (χ2v) is 4.50. The summed E-state index contributed by atoms with van der Waals surface area (Å²) in [6, 6.07) is 9.77. The van der Waals surface area contributed by atoms with E-state index in [2.05, 4.69) is 10.3 Å². The van der Waals surface area contributed by atoms with Gasteiger partial charge in [-0.25, -0.2) is 9.78 Å². The predicted molar refractivity (Wildman–Crippen MR) is 74.4 cm³/mol. The lowest BCUT2D eigenvalue weighted by molar-refractivity contribution is 0.0697. The van der Waals surface area contributed by atoms with Crippen LogP contribution in [0.2, 0.25) is 0 Å². The van der Waals surface area contributed by atoms with Gasteiger partial charge in [0.15, 0.2) is 0 Å². The van der Waals surface area contributed by atoms with Crippen LogP contribution >= 0.6 is 0 Å². The number of nitrogens with zero attached hydrogens (tertiary/aromatic N) is 1. The molecule has 2 aromatic rings. The molecule has 2 N–H and O–H groups in total. The molecular weight excluding hydrogens is 240 g/mol. The maximum atomic E-state index is 11.2. The summed E-state index contributed by atoms with van der Waals surface area (Å²) < 4.78 is 0. The first kappa shape index (κ1) is 13.1. The highest BCUT2D eigenvalue weighted by molar-refractivity contribution is 5.94. The monoisotopic (exact) mass is 256 g/mol. The molecule has 0 aliphatic carbocycles. The van der Waals surface area contributed by atoms with E-state index in [0.29, 0.717) is 17.9 Å². The maximum Gasteiger partial charge on any atom is 0.339 e. The molecule has 1 heterocycles. The van der Waals surface area contributed by atoms with E-state index in [4.69, 9.17) is 0 Å². The number of carboxylic acids is 1. The number of aromatic nitrogens is 1. The van der Waals surface area contributed by atoms with Crippen molar-refractivity contribution < 1.29 is 9.90 Å². The van der Waals surface area contributed by atoms with E-state index in [1.54, 1.807) is 19.2 Å². The largest absolute Gasteiger partial charge is 0.478 e. The highest BCUT2D eigenvalue weighted by Gasteiger charge is 2.13. The Morgan fingerprint density at radius 2 is 1.89 bits per heavy atom. The smallest absolute Gasteiger partial charge is 0.339 e. The van der Waals surface area contributed by atoms with Crippen molar-refractivity contribution >= 4 is 11.8 Å². The molecule has 4 nitrogen and oxygen atoms in total. The fraction of sp³-hybridized carbons (Fsp3) is 0.200. The van der Waals surface area contributed by atoms with E-state index >= 15 is 0 Å². The van der Waals surface area contributed by atoms with Crippen LogP contribution in [0.1, 0.15) is 27.0 Å². The minimum atomic E-state index is -0.961. The van der Waals surface area contributed by atoms with Crippen LogP contribution in [-0.4, -0.2) is 16.1 Å². The highest BCUT2D eigenvalue weighted by Crippen LogP contribution is 2.17. The fourth-order valence-electron chi connectivity index (χ4n) is 1.85. The third kappa shape index (κ3) is 3.10. The van der Waals surface area contributed by atoms with Crippen molar-refractivity contribution in [1.29, 1.82) is 0 Å². The van der Waals surface area contributed by atoms with Gasteiger partial charge in [0, 0.05) is 12.7 Å². The van der Waals surface area contributed by atoms with Crippen LogP contribution in [0, 0.1) is 13.8 Å². The standard InChI is InChI=1S/C15H16N2O2/c1-10-3-5-12(6-4-10)9-17-14-13(15(18)19)11(2)7-8-16-14/h3-8H,9H2,1-2H3,(H,16,17)(H,18,19).